The van der Waals surface area contributed by atoms with Gasteiger partial charge in [0.05, 0.1) is 0 Å². The number of allylic oxidation sites excluding steroid dienone is 2. The second-order valence-corrected chi connectivity index (χ2v) is 10.0. The third kappa shape index (κ3) is 6.71. The number of unbranched alkanes of at least 4 members (excludes halogenated alkanes) is 2. The summed E-state index contributed by atoms with van der Waals surface area (Å²) in [4.78, 5) is 0. The van der Waals surface area contributed by atoms with Crippen molar-refractivity contribution in [3.8, 4) is 0 Å². The van der Waals surface area contributed by atoms with Crippen molar-refractivity contribution in [3.63, 3.8) is 0 Å². The fraction of sp³-hybridized carbons (Fsp3) is 0.500. The standard InChI is InChI=1S/C32H44/c1-5-6-9-17-26(3)32(29-20-12-8-13-21-29)31(24-23-28-18-10-7-11-19-28)27(4)30-22-15-14-16-25(30)2/h7,10-11,14-16,18-19,22,29,31-32H,3-6,8-9,12-13,17,20-21,23-24H2,1-2H3. The van der Waals surface area contributed by atoms with E-state index in [-0.39, 0.29) is 0 Å². The maximum atomic E-state index is 4.75. The monoisotopic (exact) mass is 428 g/mol. The van der Waals surface area contributed by atoms with Crippen LogP contribution in [-0.4, -0.2) is 0 Å². The van der Waals surface area contributed by atoms with E-state index >= 15 is 0 Å². The molecule has 0 amide bonds. The lowest BCUT2D eigenvalue weighted by Gasteiger charge is -2.39. The van der Waals surface area contributed by atoms with Gasteiger partial charge in [0.2, 0.25) is 0 Å². The van der Waals surface area contributed by atoms with Gasteiger partial charge in [-0.2, -0.15) is 0 Å². The van der Waals surface area contributed by atoms with Gasteiger partial charge < -0.3 is 0 Å². The highest BCUT2D eigenvalue weighted by atomic mass is 14.4. The number of hydrogen-bond acceptors (Lipinski definition) is 0. The van der Waals surface area contributed by atoms with Crippen molar-refractivity contribution in [2.75, 3.05) is 0 Å². The van der Waals surface area contributed by atoms with E-state index in [0.29, 0.717) is 11.8 Å². The van der Waals surface area contributed by atoms with Crippen LogP contribution in [0.5, 0.6) is 0 Å². The van der Waals surface area contributed by atoms with Crippen molar-refractivity contribution in [2.24, 2.45) is 17.8 Å². The topological polar surface area (TPSA) is 0 Å². The van der Waals surface area contributed by atoms with Crippen LogP contribution in [0, 0.1) is 24.7 Å². The van der Waals surface area contributed by atoms with E-state index in [0.717, 1.165) is 18.8 Å². The fourth-order valence-corrected chi connectivity index (χ4v) is 5.88. The van der Waals surface area contributed by atoms with Crippen LogP contribution in [0.2, 0.25) is 0 Å². The third-order valence-corrected chi connectivity index (χ3v) is 7.69. The van der Waals surface area contributed by atoms with E-state index in [2.05, 4.69) is 68.4 Å². The molecule has 32 heavy (non-hydrogen) atoms. The average Bonchev–Trinajstić information content (AvgIpc) is 2.83. The smallest absolute Gasteiger partial charge is 0.00905 e. The first-order chi connectivity index (χ1) is 15.6. The molecular weight excluding hydrogens is 384 g/mol. The number of hydrogen-bond donors (Lipinski definition) is 0. The minimum atomic E-state index is 0.466. The van der Waals surface area contributed by atoms with Crippen molar-refractivity contribution in [3.05, 3.63) is 90.0 Å². The third-order valence-electron chi connectivity index (χ3n) is 7.69. The Hall–Kier alpha value is -2.08. The van der Waals surface area contributed by atoms with Gasteiger partial charge in [0.15, 0.2) is 0 Å². The van der Waals surface area contributed by atoms with Crippen LogP contribution in [0.25, 0.3) is 5.57 Å². The maximum Gasteiger partial charge on any atom is -0.00905 e. The molecule has 1 aliphatic carbocycles. The molecule has 0 saturated heterocycles. The molecule has 2 aromatic rings. The highest BCUT2D eigenvalue weighted by Gasteiger charge is 2.34. The highest BCUT2D eigenvalue weighted by molar-refractivity contribution is 5.68. The summed E-state index contributed by atoms with van der Waals surface area (Å²) in [5.41, 5.74) is 6.98. The zero-order chi connectivity index (χ0) is 22.8. The first kappa shape index (κ1) is 24.6. The molecule has 1 aliphatic rings. The van der Waals surface area contributed by atoms with Crippen LogP contribution in [0.4, 0.5) is 0 Å². The summed E-state index contributed by atoms with van der Waals surface area (Å²) in [6.07, 6.45) is 14.2. The van der Waals surface area contributed by atoms with Gasteiger partial charge in [0.25, 0.3) is 0 Å². The van der Waals surface area contributed by atoms with Crippen molar-refractivity contribution < 1.29 is 0 Å². The van der Waals surface area contributed by atoms with Crippen molar-refractivity contribution in [2.45, 2.75) is 84.5 Å². The van der Waals surface area contributed by atoms with Gasteiger partial charge in [0, 0.05) is 0 Å². The lowest BCUT2D eigenvalue weighted by Crippen LogP contribution is -2.28. The minimum Gasteiger partial charge on any atom is -0.0995 e. The van der Waals surface area contributed by atoms with E-state index in [1.165, 1.54) is 85.6 Å². The molecule has 2 aromatic carbocycles. The lowest BCUT2D eigenvalue weighted by atomic mass is 9.66. The Morgan fingerprint density at radius 3 is 2.28 bits per heavy atom. The van der Waals surface area contributed by atoms with E-state index in [4.69, 9.17) is 13.2 Å². The van der Waals surface area contributed by atoms with Gasteiger partial charge in [-0.25, -0.2) is 0 Å². The van der Waals surface area contributed by atoms with Crippen molar-refractivity contribution in [1.82, 2.24) is 0 Å². The Morgan fingerprint density at radius 1 is 0.906 bits per heavy atom. The van der Waals surface area contributed by atoms with Crippen LogP contribution < -0.4 is 0 Å². The summed E-state index contributed by atoms with van der Waals surface area (Å²) in [6.45, 7) is 14.0. The molecule has 2 atom stereocenters. The first-order valence-corrected chi connectivity index (χ1v) is 13.1. The molecule has 0 N–H and O–H groups in total. The Balaban J connectivity index is 1.92. The van der Waals surface area contributed by atoms with Crippen LogP contribution in [-0.2, 0) is 6.42 Å². The second-order valence-electron chi connectivity index (χ2n) is 10.0. The van der Waals surface area contributed by atoms with E-state index in [9.17, 15) is 0 Å². The van der Waals surface area contributed by atoms with Gasteiger partial charge >= 0.3 is 0 Å². The Morgan fingerprint density at radius 2 is 1.59 bits per heavy atom. The molecule has 0 radical (unpaired) electrons. The van der Waals surface area contributed by atoms with Crippen LogP contribution in [0.15, 0.2) is 73.3 Å². The average molecular weight is 429 g/mol. The number of benzene rings is 2. The molecular formula is C32H44. The molecule has 0 heteroatoms. The van der Waals surface area contributed by atoms with Crippen LogP contribution in [0.3, 0.4) is 0 Å². The Labute approximate surface area is 197 Å². The predicted molar refractivity (Wildman–Crippen MR) is 142 cm³/mol. The summed E-state index contributed by atoms with van der Waals surface area (Å²) in [6, 6.07) is 19.9. The SMILES string of the molecule is C=C(c1ccccc1C)C(CCc1ccccc1)C(C(=C)CCCCC)C1CCCCC1. The van der Waals surface area contributed by atoms with E-state index < -0.39 is 0 Å². The van der Waals surface area contributed by atoms with E-state index in [1.54, 1.807) is 0 Å². The number of rotatable bonds is 12. The number of aryl methyl sites for hydroxylation is 2. The zero-order valence-electron chi connectivity index (χ0n) is 20.6. The second kappa shape index (κ2) is 12.8. The molecule has 3 rings (SSSR count). The zero-order valence-corrected chi connectivity index (χ0v) is 20.6. The van der Waals surface area contributed by atoms with Gasteiger partial charge in [-0.1, -0.05) is 112 Å². The summed E-state index contributed by atoms with van der Waals surface area (Å²) in [7, 11) is 0. The van der Waals surface area contributed by atoms with Gasteiger partial charge in [-0.05, 0) is 85.5 Å². The van der Waals surface area contributed by atoms with Gasteiger partial charge in [0.1, 0.15) is 0 Å². The van der Waals surface area contributed by atoms with Crippen LogP contribution >= 0.6 is 0 Å². The predicted octanol–water partition coefficient (Wildman–Crippen LogP) is 9.59. The normalized spacial score (nSPS) is 16.4. The molecule has 0 aliphatic heterocycles. The quantitative estimate of drug-likeness (QED) is 0.233. The summed E-state index contributed by atoms with van der Waals surface area (Å²) in [5.74, 6) is 1.79. The molecule has 1 saturated carbocycles. The Kier molecular flexibility index (Phi) is 9.85. The summed E-state index contributed by atoms with van der Waals surface area (Å²) in [5, 5.41) is 0. The molecule has 0 bridgehead atoms. The summed E-state index contributed by atoms with van der Waals surface area (Å²) >= 11 is 0. The Bertz CT molecular complexity index is 837. The van der Waals surface area contributed by atoms with Crippen molar-refractivity contribution in [1.29, 1.82) is 0 Å². The maximum absolute atomic E-state index is 4.75. The molecule has 1 fully saturated rings. The van der Waals surface area contributed by atoms with Crippen LogP contribution in [0.1, 0.15) is 87.8 Å². The lowest BCUT2D eigenvalue weighted by molar-refractivity contribution is 0.227. The largest absolute Gasteiger partial charge is 0.0995 e. The molecule has 0 nitrogen and oxygen atoms in total. The molecule has 0 spiro atoms. The molecule has 0 aromatic heterocycles. The minimum absolute atomic E-state index is 0.466. The molecule has 2 unspecified atom stereocenters. The molecule has 172 valence electrons. The van der Waals surface area contributed by atoms with E-state index in [1.807, 2.05) is 0 Å². The van der Waals surface area contributed by atoms with Gasteiger partial charge in [-0.15, -0.1) is 0 Å². The summed E-state index contributed by atoms with van der Waals surface area (Å²) < 4.78 is 0. The molecule has 0 heterocycles. The fourth-order valence-electron chi connectivity index (χ4n) is 5.88. The first-order valence-electron chi connectivity index (χ1n) is 13.1. The van der Waals surface area contributed by atoms with Crippen molar-refractivity contribution >= 4 is 5.57 Å². The van der Waals surface area contributed by atoms with Gasteiger partial charge in [-0.3, -0.25) is 0 Å². The highest BCUT2D eigenvalue weighted by Crippen LogP contribution is 2.45.